The third kappa shape index (κ3) is 4.62. The summed E-state index contributed by atoms with van der Waals surface area (Å²) < 4.78 is 3.57. The second kappa shape index (κ2) is 8.98. The van der Waals surface area contributed by atoms with Crippen molar-refractivity contribution in [2.75, 3.05) is 20.1 Å². The van der Waals surface area contributed by atoms with Crippen LogP contribution in [0.4, 0.5) is 0 Å². The lowest BCUT2D eigenvalue weighted by Crippen LogP contribution is -2.39. The highest BCUT2D eigenvalue weighted by molar-refractivity contribution is 5.80. The van der Waals surface area contributed by atoms with Gasteiger partial charge in [0.15, 0.2) is 5.96 Å². The van der Waals surface area contributed by atoms with Crippen molar-refractivity contribution in [1.29, 1.82) is 0 Å². The predicted molar refractivity (Wildman–Crippen MR) is 119 cm³/mol. The van der Waals surface area contributed by atoms with Gasteiger partial charge in [-0.2, -0.15) is 5.10 Å². The zero-order chi connectivity index (χ0) is 20.9. The number of benzene rings is 1. The molecule has 0 bridgehead atoms. The molecule has 0 spiro atoms. The lowest BCUT2D eigenvalue weighted by Gasteiger charge is -2.21. The van der Waals surface area contributed by atoms with Gasteiger partial charge < -0.3 is 14.8 Å². The molecule has 1 fully saturated rings. The Labute approximate surface area is 176 Å². The van der Waals surface area contributed by atoms with Crippen LogP contribution in [0.2, 0.25) is 0 Å². The minimum Gasteiger partial charge on any atom is -0.352 e. The van der Waals surface area contributed by atoms with Crippen molar-refractivity contribution in [3.8, 4) is 0 Å². The number of aryl methyl sites for hydroxylation is 1. The van der Waals surface area contributed by atoms with Crippen molar-refractivity contribution in [1.82, 2.24) is 24.6 Å². The van der Waals surface area contributed by atoms with Gasteiger partial charge in [-0.3, -0.25) is 14.5 Å². The molecule has 156 valence electrons. The van der Waals surface area contributed by atoms with Crippen LogP contribution >= 0.6 is 0 Å². The van der Waals surface area contributed by atoms with Crippen LogP contribution in [-0.2, 0) is 20.1 Å². The molecule has 3 heterocycles. The van der Waals surface area contributed by atoms with E-state index in [9.17, 15) is 4.79 Å². The molecule has 1 aromatic carbocycles. The SMILES string of the molecule is CN=C(NCc1ccc(Cn2ccccc2=O)cc1)N1CCC(c2cnn(C)c2)C1. The Morgan fingerprint density at radius 1 is 1.20 bits per heavy atom. The van der Waals surface area contributed by atoms with Gasteiger partial charge in [-0.15, -0.1) is 0 Å². The molecule has 0 saturated carbocycles. The van der Waals surface area contributed by atoms with E-state index in [1.807, 2.05) is 37.2 Å². The number of likely N-dealkylation sites (tertiary alicyclic amines) is 1. The predicted octanol–water partition coefficient (Wildman–Crippen LogP) is 2.20. The summed E-state index contributed by atoms with van der Waals surface area (Å²) in [5.41, 5.74) is 3.60. The smallest absolute Gasteiger partial charge is 0.250 e. The van der Waals surface area contributed by atoms with Crippen molar-refractivity contribution in [2.24, 2.45) is 12.0 Å². The molecule has 1 N–H and O–H groups in total. The number of rotatable bonds is 5. The van der Waals surface area contributed by atoms with Crippen LogP contribution in [0.25, 0.3) is 0 Å². The van der Waals surface area contributed by atoms with Gasteiger partial charge in [0.1, 0.15) is 0 Å². The van der Waals surface area contributed by atoms with E-state index in [4.69, 9.17) is 0 Å². The van der Waals surface area contributed by atoms with Crippen molar-refractivity contribution in [3.05, 3.63) is 88.1 Å². The first-order valence-electron chi connectivity index (χ1n) is 10.3. The van der Waals surface area contributed by atoms with Gasteiger partial charge in [0.25, 0.3) is 5.56 Å². The highest BCUT2D eigenvalue weighted by atomic mass is 16.1. The van der Waals surface area contributed by atoms with E-state index >= 15 is 0 Å². The first-order chi connectivity index (χ1) is 14.6. The standard InChI is InChI=1S/C23H28N6O/c1-24-23(29-12-10-20(17-29)21-14-26-27(2)16-21)25-13-18-6-8-19(9-7-18)15-28-11-4-3-5-22(28)30/h3-9,11,14,16,20H,10,12-13,15,17H2,1-2H3,(H,24,25). The quantitative estimate of drug-likeness (QED) is 0.523. The highest BCUT2D eigenvalue weighted by Gasteiger charge is 2.26. The Morgan fingerprint density at radius 2 is 2.00 bits per heavy atom. The summed E-state index contributed by atoms with van der Waals surface area (Å²) in [7, 11) is 3.79. The van der Waals surface area contributed by atoms with E-state index < -0.39 is 0 Å². The number of guanidine groups is 1. The third-order valence-corrected chi connectivity index (χ3v) is 5.62. The molecule has 0 radical (unpaired) electrons. The molecule has 0 aliphatic carbocycles. The first kappa shape index (κ1) is 19.9. The van der Waals surface area contributed by atoms with E-state index in [0.29, 0.717) is 19.0 Å². The maximum absolute atomic E-state index is 11.9. The number of pyridine rings is 1. The summed E-state index contributed by atoms with van der Waals surface area (Å²) >= 11 is 0. The van der Waals surface area contributed by atoms with Crippen LogP contribution in [0.3, 0.4) is 0 Å². The Kier molecular flexibility index (Phi) is 5.97. The van der Waals surface area contributed by atoms with E-state index in [1.165, 1.54) is 11.1 Å². The van der Waals surface area contributed by atoms with Crippen LogP contribution in [0.5, 0.6) is 0 Å². The summed E-state index contributed by atoms with van der Waals surface area (Å²) in [5.74, 6) is 1.43. The van der Waals surface area contributed by atoms with Crippen LogP contribution in [-0.4, -0.2) is 45.3 Å². The second-order valence-electron chi connectivity index (χ2n) is 7.76. The molecule has 3 aromatic rings. The molecular formula is C23H28N6O. The van der Waals surface area contributed by atoms with Gasteiger partial charge in [0.05, 0.1) is 12.7 Å². The Hall–Kier alpha value is -3.35. The number of aromatic nitrogens is 3. The fourth-order valence-corrected chi connectivity index (χ4v) is 3.94. The number of hydrogen-bond acceptors (Lipinski definition) is 3. The summed E-state index contributed by atoms with van der Waals surface area (Å²) in [6.45, 7) is 3.24. The van der Waals surface area contributed by atoms with Gasteiger partial charge in [0, 0.05) is 58.1 Å². The average Bonchev–Trinajstić information content (AvgIpc) is 3.41. The maximum Gasteiger partial charge on any atom is 0.250 e. The average molecular weight is 405 g/mol. The summed E-state index contributed by atoms with van der Waals surface area (Å²) in [6, 6.07) is 13.6. The summed E-state index contributed by atoms with van der Waals surface area (Å²) in [6.07, 6.45) is 7.00. The molecule has 7 heteroatoms. The third-order valence-electron chi connectivity index (χ3n) is 5.62. The number of nitrogens with zero attached hydrogens (tertiary/aromatic N) is 5. The molecule has 1 atom stereocenters. The zero-order valence-corrected chi connectivity index (χ0v) is 17.5. The summed E-state index contributed by atoms with van der Waals surface area (Å²) in [4.78, 5) is 18.7. The lowest BCUT2D eigenvalue weighted by atomic mass is 10.0. The van der Waals surface area contributed by atoms with Crippen molar-refractivity contribution < 1.29 is 0 Å². The summed E-state index contributed by atoms with van der Waals surface area (Å²) in [5, 5.41) is 7.78. The fourth-order valence-electron chi connectivity index (χ4n) is 3.94. The first-order valence-corrected chi connectivity index (χ1v) is 10.3. The molecular weight excluding hydrogens is 376 g/mol. The van der Waals surface area contributed by atoms with E-state index in [0.717, 1.165) is 31.0 Å². The lowest BCUT2D eigenvalue weighted by molar-refractivity contribution is 0.486. The minimum absolute atomic E-state index is 0.0160. The monoisotopic (exact) mass is 404 g/mol. The van der Waals surface area contributed by atoms with Crippen molar-refractivity contribution in [3.63, 3.8) is 0 Å². The molecule has 0 amide bonds. The van der Waals surface area contributed by atoms with Crippen LogP contribution in [0.15, 0.2) is 70.8 Å². The minimum atomic E-state index is 0.0160. The van der Waals surface area contributed by atoms with Crippen LogP contribution in [0, 0.1) is 0 Å². The van der Waals surface area contributed by atoms with E-state index in [-0.39, 0.29) is 5.56 Å². The topological polar surface area (TPSA) is 67.5 Å². The number of hydrogen-bond donors (Lipinski definition) is 1. The van der Waals surface area contributed by atoms with E-state index in [1.54, 1.807) is 16.7 Å². The van der Waals surface area contributed by atoms with Gasteiger partial charge in [0.2, 0.25) is 0 Å². The van der Waals surface area contributed by atoms with Gasteiger partial charge in [-0.1, -0.05) is 30.3 Å². The normalized spacial score (nSPS) is 16.8. The highest BCUT2D eigenvalue weighted by Crippen LogP contribution is 2.26. The molecule has 4 rings (SSSR count). The molecule has 30 heavy (non-hydrogen) atoms. The Balaban J connectivity index is 1.32. The Morgan fingerprint density at radius 3 is 2.70 bits per heavy atom. The van der Waals surface area contributed by atoms with Crippen LogP contribution < -0.4 is 10.9 Å². The molecule has 1 unspecified atom stereocenters. The van der Waals surface area contributed by atoms with E-state index in [2.05, 4.69) is 50.8 Å². The number of aliphatic imine (C=N–C) groups is 1. The maximum atomic E-state index is 11.9. The van der Waals surface area contributed by atoms with Gasteiger partial charge in [-0.25, -0.2) is 0 Å². The number of nitrogens with one attached hydrogen (secondary N) is 1. The Bertz CT molecular complexity index is 1070. The van der Waals surface area contributed by atoms with Crippen LogP contribution in [0.1, 0.15) is 29.0 Å². The molecule has 1 aliphatic rings. The van der Waals surface area contributed by atoms with Gasteiger partial charge >= 0.3 is 0 Å². The zero-order valence-electron chi connectivity index (χ0n) is 17.5. The largest absolute Gasteiger partial charge is 0.352 e. The van der Waals surface area contributed by atoms with Gasteiger partial charge in [-0.05, 0) is 29.2 Å². The molecule has 1 aliphatic heterocycles. The molecule has 1 saturated heterocycles. The fraction of sp³-hybridized carbons (Fsp3) is 0.348. The molecule has 2 aromatic heterocycles. The van der Waals surface area contributed by atoms with Crippen molar-refractivity contribution >= 4 is 5.96 Å². The second-order valence-corrected chi connectivity index (χ2v) is 7.76. The van der Waals surface area contributed by atoms with Crippen molar-refractivity contribution in [2.45, 2.75) is 25.4 Å². The molecule has 7 nitrogen and oxygen atoms in total.